The van der Waals surface area contributed by atoms with Gasteiger partial charge in [0.1, 0.15) is 18.1 Å². The maximum atomic E-state index is 12.1. The molecule has 3 aromatic rings. The number of methoxy groups -OCH3 is 1. The Morgan fingerprint density at radius 1 is 1.06 bits per heavy atom. The van der Waals surface area contributed by atoms with Crippen LogP contribution < -0.4 is 20.2 Å². The number of nitrogens with one attached hydrogen (secondary N) is 2. The van der Waals surface area contributed by atoms with E-state index in [1.807, 2.05) is 24.3 Å². The van der Waals surface area contributed by atoms with Crippen molar-refractivity contribution in [2.75, 3.05) is 13.7 Å². The minimum atomic E-state index is -0.312. The number of amides is 2. The summed E-state index contributed by atoms with van der Waals surface area (Å²) in [4.78, 5) is 24.2. The molecule has 0 aliphatic carbocycles. The second kappa shape index (κ2) is 13.8. The SMILES string of the molecule is COc1ccc(C(=O)NCCC(=O)NN=Cc2cc(I)c(OCc3ccc(C#N)cc3)c(I)c2)cc1. The molecule has 184 valence electrons. The first-order valence-corrected chi connectivity index (χ1v) is 12.9. The summed E-state index contributed by atoms with van der Waals surface area (Å²) in [5, 5.41) is 15.6. The van der Waals surface area contributed by atoms with Crippen LogP contribution in [0.2, 0.25) is 0 Å². The molecule has 0 saturated carbocycles. The van der Waals surface area contributed by atoms with Crippen molar-refractivity contribution in [1.29, 1.82) is 5.26 Å². The quantitative estimate of drug-likeness (QED) is 0.182. The van der Waals surface area contributed by atoms with Gasteiger partial charge in [0.05, 0.1) is 32.1 Å². The van der Waals surface area contributed by atoms with Crippen LogP contribution in [-0.4, -0.2) is 31.7 Å². The molecule has 0 spiro atoms. The highest BCUT2D eigenvalue weighted by atomic mass is 127. The summed E-state index contributed by atoms with van der Waals surface area (Å²) < 4.78 is 12.9. The normalized spacial score (nSPS) is 10.5. The van der Waals surface area contributed by atoms with Crippen molar-refractivity contribution in [2.45, 2.75) is 13.0 Å². The van der Waals surface area contributed by atoms with Crippen LogP contribution in [0.1, 0.15) is 33.5 Å². The highest BCUT2D eigenvalue weighted by Crippen LogP contribution is 2.29. The first-order chi connectivity index (χ1) is 17.4. The van der Waals surface area contributed by atoms with E-state index in [1.165, 1.54) is 0 Å². The van der Waals surface area contributed by atoms with Gasteiger partial charge in [-0.1, -0.05) is 12.1 Å². The summed E-state index contributed by atoms with van der Waals surface area (Å²) in [6, 6.07) is 19.9. The van der Waals surface area contributed by atoms with E-state index in [0.29, 0.717) is 23.5 Å². The number of hydrogen-bond acceptors (Lipinski definition) is 6. The number of halogens is 2. The van der Waals surface area contributed by atoms with Crippen molar-refractivity contribution in [3.8, 4) is 17.6 Å². The Morgan fingerprint density at radius 3 is 2.33 bits per heavy atom. The molecule has 0 aromatic heterocycles. The zero-order valence-corrected chi connectivity index (χ0v) is 23.6. The van der Waals surface area contributed by atoms with Crippen LogP contribution in [0.15, 0.2) is 65.8 Å². The third kappa shape index (κ3) is 8.20. The van der Waals surface area contributed by atoms with E-state index in [4.69, 9.17) is 14.7 Å². The van der Waals surface area contributed by atoms with Crippen molar-refractivity contribution < 1.29 is 19.1 Å². The molecule has 0 heterocycles. The first kappa shape index (κ1) is 27.4. The monoisotopic (exact) mass is 708 g/mol. The molecule has 10 heteroatoms. The van der Waals surface area contributed by atoms with Crippen LogP contribution in [0, 0.1) is 18.5 Å². The van der Waals surface area contributed by atoms with Gasteiger partial charge in [0.25, 0.3) is 5.91 Å². The molecule has 8 nitrogen and oxygen atoms in total. The van der Waals surface area contributed by atoms with E-state index in [2.05, 4.69) is 67.1 Å². The second-order valence-corrected chi connectivity index (χ2v) is 9.76. The zero-order chi connectivity index (χ0) is 25.9. The minimum absolute atomic E-state index is 0.0937. The van der Waals surface area contributed by atoms with Crippen LogP contribution in [0.4, 0.5) is 0 Å². The van der Waals surface area contributed by atoms with E-state index in [-0.39, 0.29) is 24.8 Å². The third-order valence-corrected chi connectivity index (χ3v) is 6.48. The molecule has 0 saturated heterocycles. The van der Waals surface area contributed by atoms with E-state index >= 15 is 0 Å². The van der Waals surface area contributed by atoms with Gasteiger partial charge in [-0.3, -0.25) is 9.59 Å². The molecule has 0 aliphatic rings. The zero-order valence-electron chi connectivity index (χ0n) is 19.3. The maximum absolute atomic E-state index is 12.1. The number of carbonyl (C=O) groups is 2. The lowest BCUT2D eigenvalue weighted by molar-refractivity contribution is -0.120. The van der Waals surface area contributed by atoms with Crippen molar-refractivity contribution >= 4 is 63.2 Å². The van der Waals surface area contributed by atoms with Crippen LogP contribution in [-0.2, 0) is 11.4 Å². The molecule has 36 heavy (non-hydrogen) atoms. The Kier molecular flexibility index (Phi) is 10.5. The number of nitrogens with zero attached hydrogens (tertiary/aromatic N) is 2. The van der Waals surface area contributed by atoms with Gasteiger partial charge in [0.2, 0.25) is 5.91 Å². The Hall–Kier alpha value is -3.18. The van der Waals surface area contributed by atoms with Crippen molar-refractivity contribution in [2.24, 2.45) is 5.10 Å². The lowest BCUT2D eigenvalue weighted by Gasteiger charge is -2.11. The van der Waals surface area contributed by atoms with E-state index in [1.54, 1.807) is 49.7 Å². The standard InChI is InChI=1S/C26H22I2N4O4/c1-35-21-8-6-20(7-9-21)26(34)30-11-10-24(33)32-31-15-19-12-22(27)25(23(28)13-19)36-16-18-4-2-17(14-29)3-5-18/h2-9,12-13,15H,10-11,16H2,1H3,(H,30,34)(H,32,33). The highest BCUT2D eigenvalue weighted by molar-refractivity contribution is 14.1. The molecule has 0 bridgehead atoms. The van der Waals surface area contributed by atoms with Crippen molar-refractivity contribution in [3.63, 3.8) is 0 Å². The molecule has 0 aliphatic heterocycles. The van der Waals surface area contributed by atoms with Gasteiger partial charge in [-0.25, -0.2) is 5.43 Å². The van der Waals surface area contributed by atoms with Gasteiger partial charge < -0.3 is 14.8 Å². The topological polar surface area (TPSA) is 113 Å². The second-order valence-electron chi connectivity index (χ2n) is 7.44. The molecule has 0 atom stereocenters. The molecule has 2 amide bonds. The Balaban J connectivity index is 1.45. The number of benzene rings is 3. The van der Waals surface area contributed by atoms with Gasteiger partial charge >= 0.3 is 0 Å². The number of rotatable bonds is 10. The molecular formula is C26H22I2N4O4. The van der Waals surface area contributed by atoms with Crippen LogP contribution in [0.25, 0.3) is 0 Å². The molecule has 3 rings (SSSR count). The predicted octanol–water partition coefficient (Wildman–Crippen LogP) is 4.63. The van der Waals surface area contributed by atoms with E-state index in [0.717, 1.165) is 24.0 Å². The minimum Gasteiger partial charge on any atom is -0.497 e. The molecule has 3 aromatic carbocycles. The summed E-state index contributed by atoms with van der Waals surface area (Å²) in [5.41, 5.74) is 5.34. The fourth-order valence-corrected chi connectivity index (χ4v) is 5.12. The lowest BCUT2D eigenvalue weighted by atomic mass is 10.1. The van der Waals surface area contributed by atoms with Gasteiger partial charge in [0, 0.05) is 18.5 Å². The molecule has 0 fully saturated rings. The summed E-state index contributed by atoms with van der Waals surface area (Å²) in [7, 11) is 1.56. The summed E-state index contributed by atoms with van der Waals surface area (Å²) >= 11 is 4.39. The summed E-state index contributed by atoms with van der Waals surface area (Å²) in [5.74, 6) is 0.848. The lowest BCUT2D eigenvalue weighted by Crippen LogP contribution is -2.29. The average molecular weight is 708 g/mol. The van der Waals surface area contributed by atoms with Gasteiger partial charge in [-0.2, -0.15) is 10.4 Å². The molecule has 2 N–H and O–H groups in total. The fourth-order valence-electron chi connectivity index (χ4n) is 2.99. The van der Waals surface area contributed by atoms with Gasteiger partial charge in [-0.05, 0) is 105 Å². The smallest absolute Gasteiger partial charge is 0.251 e. The molecule has 0 unspecified atom stereocenters. The summed E-state index contributed by atoms with van der Waals surface area (Å²) in [6.45, 7) is 0.573. The number of ether oxygens (including phenoxy) is 2. The number of hydrogen-bond donors (Lipinski definition) is 2. The van der Waals surface area contributed by atoms with Crippen LogP contribution in [0.3, 0.4) is 0 Å². The average Bonchev–Trinajstić information content (AvgIpc) is 2.88. The number of carbonyl (C=O) groups excluding carboxylic acids is 2. The van der Waals surface area contributed by atoms with Crippen molar-refractivity contribution in [3.05, 3.63) is 90.1 Å². The number of nitriles is 1. The number of hydrazone groups is 1. The van der Waals surface area contributed by atoms with Gasteiger partial charge in [0.15, 0.2) is 0 Å². The molecule has 0 radical (unpaired) electrons. The molecular weight excluding hydrogens is 686 g/mol. The largest absolute Gasteiger partial charge is 0.497 e. The Bertz CT molecular complexity index is 1260. The van der Waals surface area contributed by atoms with Crippen LogP contribution in [0.5, 0.6) is 11.5 Å². The predicted molar refractivity (Wildman–Crippen MR) is 153 cm³/mol. The van der Waals surface area contributed by atoms with Crippen LogP contribution >= 0.6 is 45.2 Å². The summed E-state index contributed by atoms with van der Waals surface area (Å²) in [6.07, 6.45) is 1.65. The fraction of sp³-hybridized carbons (Fsp3) is 0.154. The third-order valence-electron chi connectivity index (χ3n) is 4.88. The van der Waals surface area contributed by atoms with Crippen molar-refractivity contribution in [1.82, 2.24) is 10.7 Å². The van der Waals surface area contributed by atoms with E-state index < -0.39 is 0 Å². The van der Waals surface area contributed by atoms with Gasteiger partial charge in [-0.15, -0.1) is 0 Å². The Labute approximate surface area is 236 Å². The Morgan fingerprint density at radius 2 is 1.72 bits per heavy atom. The maximum Gasteiger partial charge on any atom is 0.251 e. The van der Waals surface area contributed by atoms with E-state index in [9.17, 15) is 9.59 Å². The highest BCUT2D eigenvalue weighted by Gasteiger charge is 2.10. The first-order valence-electron chi connectivity index (χ1n) is 10.7.